The van der Waals surface area contributed by atoms with Gasteiger partial charge in [-0.1, -0.05) is 6.07 Å². The Morgan fingerprint density at radius 3 is 3.00 bits per heavy atom. The molecule has 2 heterocycles. The highest BCUT2D eigenvalue weighted by molar-refractivity contribution is 7.71. The van der Waals surface area contributed by atoms with Crippen molar-refractivity contribution in [1.29, 1.82) is 0 Å². The smallest absolute Gasteiger partial charge is 0.215 e. The van der Waals surface area contributed by atoms with Crippen LogP contribution >= 0.6 is 23.6 Å². The van der Waals surface area contributed by atoms with Gasteiger partial charge in [0.05, 0.1) is 0 Å². The number of nitrogens with zero attached hydrogens (tertiary/aromatic N) is 2. The maximum atomic E-state index is 5.03. The molecule has 0 fully saturated rings. The van der Waals surface area contributed by atoms with Crippen LogP contribution in [0.5, 0.6) is 0 Å². The highest BCUT2D eigenvalue weighted by Crippen LogP contribution is 2.11. The molecular formula is C10H13N3S2. The molecule has 80 valence electrons. The Hall–Kier alpha value is -0.940. The molecule has 0 amide bonds. The molecule has 0 atom stereocenters. The van der Waals surface area contributed by atoms with E-state index in [-0.39, 0.29) is 0 Å². The fourth-order valence-electron chi connectivity index (χ4n) is 1.45. The van der Waals surface area contributed by atoms with Crippen molar-refractivity contribution < 1.29 is 0 Å². The largest absolute Gasteiger partial charge is 0.283 e. The lowest BCUT2D eigenvalue weighted by atomic mass is 10.2. The summed E-state index contributed by atoms with van der Waals surface area (Å²) in [5.74, 6) is 0.985. The summed E-state index contributed by atoms with van der Waals surface area (Å²) in [5, 5.41) is 5.24. The van der Waals surface area contributed by atoms with Gasteiger partial charge in [-0.15, -0.1) is 11.3 Å². The molecule has 0 aliphatic rings. The quantitative estimate of drug-likeness (QED) is 0.832. The summed E-state index contributed by atoms with van der Waals surface area (Å²) in [4.78, 5) is 5.69. The van der Waals surface area contributed by atoms with E-state index in [1.54, 1.807) is 4.68 Å². The fraction of sp³-hybridized carbons (Fsp3) is 0.400. The van der Waals surface area contributed by atoms with Crippen LogP contribution in [0.1, 0.15) is 17.1 Å². The molecule has 5 heteroatoms. The summed E-state index contributed by atoms with van der Waals surface area (Å²) in [6.45, 7) is 0. The molecule has 2 rings (SSSR count). The summed E-state index contributed by atoms with van der Waals surface area (Å²) < 4.78 is 2.40. The zero-order valence-electron chi connectivity index (χ0n) is 8.56. The van der Waals surface area contributed by atoms with Crippen molar-refractivity contribution in [3.63, 3.8) is 0 Å². The summed E-state index contributed by atoms with van der Waals surface area (Å²) >= 11 is 6.84. The number of rotatable bonds is 4. The minimum absolute atomic E-state index is 0.626. The highest BCUT2D eigenvalue weighted by atomic mass is 32.1. The standard InChI is InChI=1S/C10H13N3S2/c1-13-10(14)11-9(12-13)6-2-4-8-5-3-7-15-8/h3,5,7H,2,4,6H2,1H3,(H,11,12,14). The Kier molecular flexibility index (Phi) is 3.33. The molecule has 1 N–H and O–H groups in total. The second kappa shape index (κ2) is 4.72. The second-order valence-corrected chi connectivity index (χ2v) is 4.84. The number of aromatic amines is 1. The van der Waals surface area contributed by atoms with E-state index in [0.717, 1.165) is 25.1 Å². The first-order chi connectivity index (χ1) is 7.25. The Balaban J connectivity index is 1.86. The third-order valence-corrected chi connectivity index (χ3v) is 3.53. The van der Waals surface area contributed by atoms with Gasteiger partial charge >= 0.3 is 0 Å². The number of hydrogen-bond acceptors (Lipinski definition) is 3. The number of H-pyrrole nitrogens is 1. The number of hydrogen-bond donors (Lipinski definition) is 1. The van der Waals surface area contributed by atoms with E-state index < -0.39 is 0 Å². The van der Waals surface area contributed by atoms with Crippen molar-refractivity contribution in [2.24, 2.45) is 7.05 Å². The van der Waals surface area contributed by atoms with Crippen LogP contribution < -0.4 is 0 Å². The van der Waals surface area contributed by atoms with Gasteiger partial charge in [0, 0.05) is 18.3 Å². The van der Waals surface area contributed by atoms with Crippen molar-refractivity contribution in [1.82, 2.24) is 14.8 Å². The van der Waals surface area contributed by atoms with Gasteiger partial charge in [0.15, 0.2) is 0 Å². The Bertz CT molecular complexity index is 467. The van der Waals surface area contributed by atoms with Gasteiger partial charge in [0.2, 0.25) is 4.77 Å². The maximum Gasteiger partial charge on any atom is 0.215 e. The van der Waals surface area contributed by atoms with Gasteiger partial charge in [0.1, 0.15) is 5.82 Å². The first-order valence-electron chi connectivity index (χ1n) is 4.90. The summed E-state index contributed by atoms with van der Waals surface area (Å²) in [6, 6.07) is 4.26. The van der Waals surface area contributed by atoms with Gasteiger partial charge in [0.25, 0.3) is 0 Å². The van der Waals surface area contributed by atoms with Gasteiger partial charge < -0.3 is 0 Å². The zero-order valence-corrected chi connectivity index (χ0v) is 10.2. The Morgan fingerprint density at radius 1 is 1.53 bits per heavy atom. The van der Waals surface area contributed by atoms with Gasteiger partial charge in [-0.25, -0.2) is 4.98 Å². The molecule has 0 aromatic carbocycles. The van der Waals surface area contributed by atoms with Crippen molar-refractivity contribution >= 4 is 23.6 Å². The molecule has 2 aromatic heterocycles. The van der Waals surface area contributed by atoms with Gasteiger partial charge in [-0.2, -0.15) is 0 Å². The van der Waals surface area contributed by atoms with Crippen molar-refractivity contribution in [2.45, 2.75) is 19.3 Å². The average Bonchev–Trinajstić information content (AvgIpc) is 2.79. The van der Waals surface area contributed by atoms with Crippen LogP contribution in [0.3, 0.4) is 0 Å². The van der Waals surface area contributed by atoms with E-state index >= 15 is 0 Å². The third kappa shape index (κ3) is 2.76. The Labute approximate surface area is 97.8 Å². The molecule has 0 spiro atoms. The molecule has 3 nitrogen and oxygen atoms in total. The molecule has 0 aliphatic heterocycles. The van der Waals surface area contributed by atoms with Crippen LogP contribution in [-0.4, -0.2) is 14.8 Å². The molecule has 0 aliphatic carbocycles. The van der Waals surface area contributed by atoms with E-state index in [4.69, 9.17) is 12.2 Å². The molecular weight excluding hydrogens is 226 g/mol. The molecule has 0 bridgehead atoms. The van der Waals surface area contributed by atoms with Gasteiger partial charge in [-0.05, 0) is 36.5 Å². The van der Waals surface area contributed by atoms with E-state index in [2.05, 4.69) is 27.6 Å². The van der Waals surface area contributed by atoms with Crippen LogP contribution in [0.4, 0.5) is 0 Å². The molecule has 2 aromatic rings. The lowest BCUT2D eigenvalue weighted by molar-refractivity contribution is 0.714. The number of thiophene rings is 1. The first kappa shape index (κ1) is 10.6. The van der Waals surface area contributed by atoms with Crippen LogP contribution in [0.2, 0.25) is 0 Å². The zero-order chi connectivity index (χ0) is 10.7. The second-order valence-electron chi connectivity index (χ2n) is 3.44. The fourth-order valence-corrected chi connectivity index (χ4v) is 2.36. The minimum Gasteiger partial charge on any atom is -0.283 e. The van der Waals surface area contributed by atoms with Crippen molar-refractivity contribution in [2.75, 3.05) is 0 Å². The van der Waals surface area contributed by atoms with E-state index in [1.807, 2.05) is 18.4 Å². The number of aryl methyl sites for hydroxylation is 3. The maximum absolute atomic E-state index is 5.03. The molecule has 0 saturated heterocycles. The van der Waals surface area contributed by atoms with E-state index in [0.29, 0.717) is 4.77 Å². The lowest BCUT2D eigenvalue weighted by Crippen LogP contribution is -1.93. The third-order valence-electron chi connectivity index (χ3n) is 2.23. The molecule has 0 unspecified atom stereocenters. The molecule has 0 radical (unpaired) electrons. The summed E-state index contributed by atoms with van der Waals surface area (Å²) in [7, 11) is 1.89. The normalized spacial score (nSPS) is 10.7. The Morgan fingerprint density at radius 2 is 2.40 bits per heavy atom. The van der Waals surface area contributed by atoms with Crippen LogP contribution in [0.15, 0.2) is 17.5 Å². The summed E-state index contributed by atoms with van der Waals surface area (Å²) in [6.07, 6.45) is 3.19. The van der Waals surface area contributed by atoms with Crippen LogP contribution in [0.25, 0.3) is 0 Å². The lowest BCUT2D eigenvalue weighted by Gasteiger charge is -1.95. The first-order valence-corrected chi connectivity index (χ1v) is 6.19. The molecule has 0 saturated carbocycles. The van der Waals surface area contributed by atoms with Crippen molar-refractivity contribution in [3.05, 3.63) is 33.0 Å². The molecule has 15 heavy (non-hydrogen) atoms. The monoisotopic (exact) mass is 239 g/mol. The van der Waals surface area contributed by atoms with E-state index in [9.17, 15) is 0 Å². The van der Waals surface area contributed by atoms with Crippen LogP contribution in [0, 0.1) is 4.77 Å². The number of nitrogens with one attached hydrogen (secondary N) is 1. The van der Waals surface area contributed by atoms with E-state index in [1.165, 1.54) is 4.88 Å². The average molecular weight is 239 g/mol. The highest BCUT2D eigenvalue weighted by Gasteiger charge is 2.00. The number of aromatic nitrogens is 3. The predicted octanol–water partition coefficient (Wildman–Crippen LogP) is 2.71. The topological polar surface area (TPSA) is 33.6 Å². The van der Waals surface area contributed by atoms with Gasteiger partial charge in [-0.3, -0.25) is 9.78 Å². The van der Waals surface area contributed by atoms with Crippen molar-refractivity contribution in [3.8, 4) is 0 Å². The minimum atomic E-state index is 0.626. The van der Waals surface area contributed by atoms with Crippen LogP contribution in [-0.2, 0) is 19.9 Å². The summed E-state index contributed by atoms with van der Waals surface area (Å²) in [5.41, 5.74) is 0. The predicted molar refractivity (Wildman–Crippen MR) is 64.7 cm³/mol. The SMILES string of the molecule is Cn1[nH]c(CCCc2cccs2)nc1=S.